The third kappa shape index (κ3) is 6.92. The molecule has 9 heteroatoms. The van der Waals surface area contributed by atoms with Crippen LogP contribution in [0, 0.1) is 5.92 Å². The monoisotopic (exact) mass is 554 g/mol. The first kappa shape index (κ1) is 27.6. The van der Waals surface area contributed by atoms with Crippen LogP contribution in [-0.4, -0.2) is 22.8 Å². The number of ether oxygens (including phenoxy) is 1. The second-order valence-corrected chi connectivity index (χ2v) is 10.2. The molecule has 0 bridgehead atoms. The van der Waals surface area contributed by atoms with Crippen LogP contribution < -0.4 is 15.8 Å². The highest BCUT2D eigenvalue weighted by molar-refractivity contribution is 6.42. The number of amides is 1. The summed E-state index contributed by atoms with van der Waals surface area (Å²) in [6.07, 6.45) is 4.55. The van der Waals surface area contributed by atoms with E-state index < -0.39 is 12.0 Å². The Kier molecular flexibility index (Phi) is 9.05. The van der Waals surface area contributed by atoms with Gasteiger partial charge in [-0.05, 0) is 73.0 Å². The van der Waals surface area contributed by atoms with Gasteiger partial charge in [-0.1, -0.05) is 48.5 Å². The maximum absolute atomic E-state index is 13.2. The Balaban J connectivity index is 1.52. The van der Waals surface area contributed by atoms with E-state index in [0.717, 1.165) is 32.1 Å². The van der Waals surface area contributed by atoms with Crippen LogP contribution >= 0.6 is 23.2 Å². The minimum Gasteiger partial charge on any atom is -0.481 e. The summed E-state index contributed by atoms with van der Waals surface area (Å²) in [7, 11) is 0. The van der Waals surface area contributed by atoms with Gasteiger partial charge in [0.05, 0.1) is 22.5 Å². The van der Waals surface area contributed by atoms with Gasteiger partial charge in [-0.2, -0.15) is 0 Å². The lowest BCUT2D eigenvalue weighted by Gasteiger charge is -2.25. The molecule has 4 N–H and O–H groups in total. The molecular weight excluding hydrogens is 527 g/mol. The van der Waals surface area contributed by atoms with E-state index >= 15 is 0 Å². The van der Waals surface area contributed by atoms with Gasteiger partial charge in [-0.25, -0.2) is 0 Å². The number of benzene rings is 3. The zero-order chi connectivity index (χ0) is 27.2. The summed E-state index contributed by atoms with van der Waals surface area (Å²) >= 11 is 11.9. The predicted molar refractivity (Wildman–Crippen MR) is 147 cm³/mol. The molecule has 0 spiro atoms. The summed E-state index contributed by atoms with van der Waals surface area (Å²) in [4.78, 5) is 37.0. The number of carbonyl (C=O) groups excluding carboxylic acids is 2. The van der Waals surface area contributed by atoms with E-state index in [9.17, 15) is 19.5 Å². The Morgan fingerprint density at radius 3 is 2.32 bits per heavy atom. The normalized spacial score (nSPS) is 14.5. The fourth-order valence-electron chi connectivity index (χ4n) is 4.59. The lowest BCUT2D eigenvalue weighted by molar-refractivity contribution is -0.136. The third-order valence-electron chi connectivity index (χ3n) is 6.60. The van der Waals surface area contributed by atoms with Gasteiger partial charge < -0.3 is 20.9 Å². The van der Waals surface area contributed by atoms with Crippen LogP contribution in [0.4, 0.5) is 5.69 Å². The average molecular weight is 555 g/mol. The van der Waals surface area contributed by atoms with Crippen molar-refractivity contribution in [2.75, 3.05) is 5.32 Å². The second kappa shape index (κ2) is 12.4. The van der Waals surface area contributed by atoms with E-state index in [2.05, 4.69) is 5.32 Å². The van der Waals surface area contributed by atoms with E-state index in [4.69, 9.17) is 33.7 Å². The molecule has 3 aromatic rings. The van der Waals surface area contributed by atoms with E-state index in [1.54, 1.807) is 54.6 Å². The zero-order valence-electron chi connectivity index (χ0n) is 20.6. The summed E-state index contributed by atoms with van der Waals surface area (Å²) in [5.74, 6) is -0.642. The van der Waals surface area contributed by atoms with Crippen LogP contribution in [0.3, 0.4) is 0 Å². The first-order valence-electron chi connectivity index (χ1n) is 12.4. The first-order chi connectivity index (χ1) is 18.2. The lowest BCUT2D eigenvalue weighted by atomic mass is 9.82. The summed E-state index contributed by atoms with van der Waals surface area (Å²) in [5.41, 5.74) is 8.32. The van der Waals surface area contributed by atoms with Gasteiger partial charge in [0.25, 0.3) is 5.91 Å². The summed E-state index contributed by atoms with van der Waals surface area (Å²) in [6.45, 7) is 0. The number of anilines is 1. The van der Waals surface area contributed by atoms with Crippen molar-refractivity contribution in [3.8, 4) is 11.5 Å². The predicted octanol–water partition coefficient (Wildman–Crippen LogP) is 6.81. The third-order valence-corrected chi connectivity index (χ3v) is 7.34. The van der Waals surface area contributed by atoms with Crippen LogP contribution in [0.25, 0.3) is 0 Å². The van der Waals surface area contributed by atoms with Crippen molar-refractivity contribution in [3.05, 3.63) is 87.4 Å². The van der Waals surface area contributed by atoms with Crippen molar-refractivity contribution < 1.29 is 24.2 Å². The number of ketones is 1. The molecule has 1 unspecified atom stereocenters. The summed E-state index contributed by atoms with van der Waals surface area (Å²) in [5, 5.41) is 12.7. The molecule has 1 amide bonds. The molecule has 3 aromatic carbocycles. The topological polar surface area (TPSA) is 119 Å². The smallest absolute Gasteiger partial charge is 0.307 e. The highest BCUT2D eigenvalue weighted by atomic mass is 35.5. The molecule has 4 rings (SSSR count). The van der Waals surface area contributed by atoms with Crippen molar-refractivity contribution in [1.82, 2.24) is 0 Å². The van der Waals surface area contributed by atoms with Crippen molar-refractivity contribution in [3.63, 3.8) is 0 Å². The number of carboxylic acids is 1. The van der Waals surface area contributed by atoms with Gasteiger partial charge in [-0.3, -0.25) is 14.4 Å². The van der Waals surface area contributed by atoms with Crippen LogP contribution in [-0.2, 0) is 16.0 Å². The Labute approximate surface area is 230 Å². The molecule has 0 saturated heterocycles. The molecule has 1 aliphatic carbocycles. The van der Waals surface area contributed by atoms with Gasteiger partial charge in [-0.15, -0.1) is 0 Å². The number of halogens is 2. The molecule has 0 aromatic heterocycles. The second-order valence-electron chi connectivity index (χ2n) is 9.37. The van der Waals surface area contributed by atoms with Crippen LogP contribution in [0.15, 0.2) is 60.7 Å². The maximum Gasteiger partial charge on any atom is 0.307 e. The number of hydrogen-bond donors (Lipinski definition) is 3. The lowest BCUT2D eigenvalue weighted by Crippen LogP contribution is -2.30. The number of Topliss-reactive ketones (excluding diaryl/α,β-unsaturated/α-hetero) is 1. The van der Waals surface area contributed by atoms with Crippen molar-refractivity contribution in [2.45, 2.75) is 44.6 Å². The van der Waals surface area contributed by atoms with Gasteiger partial charge in [0.15, 0.2) is 5.78 Å². The molecule has 1 aliphatic rings. The number of aliphatic carboxylic acids is 1. The Bertz CT molecular complexity index is 1340. The molecule has 1 saturated carbocycles. The van der Waals surface area contributed by atoms with Crippen LogP contribution in [0.1, 0.15) is 59.6 Å². The molecular formula is C29H28Cl2N2O5. The molecule has 1 fully saturated rings. The largest absolute Gasteiger partial charge is 0.481 e. The molecule has 198 valence electrons. The average Bonchev–Trinajstić information content (AvgIpc) is 2.91. The SMILES string of the molecule is NC(C(=O)C1CCCCC1)c1cc(CC(=O)O)ccc1Oc1ccc(NC(=O)c2ccc(Cl)c(Cl)c2)cc1. The number of carboxylic acid groups (broad SMARTS) is 1. The fourth-order valence-corrected chi connectivity index (χ4v) is 4.88. The minimum absolute atomic E-state index is 0.0533. The van der Waals surface area contributed by atoms with E-state index in [0.29, 0.717) is 38.9 Å². The highest BCUT2D eigenvalue weighted by Crippen LogP contribution is 2.35. The Morgan fingerprint density at radius 2 is 1.66 bits per heavy atom. The van der Waals surface area contributed by atoms with Crippen LogP contribution in [0.2, 0.25) is 10.0 Å². The molecule has 0 heterocycles. The standard InChI is InChI=1S/C29H28Cl2N2O5/c30-23-12-7-19(16-24(23)31)29(37)33-20-8-10-21(11-9-20)38-25-13-6-17(15-26(34)35)14-22(25)27(32)28(36)18-4-2-1-3-5-18/h6-14,16,18,27H,1-5,15,32H2,(H,33,37)(H,34,35). The summed E-state index contributed by atoms with van der Waals surface area (Å²) in [6, 6.07) is 15.3. The zero-order valence-corrected chi connectivity index (χ0v) is 22.1. The van der Waals surface area contributed by atoms with Crippen molar-refractivity contribution >= 4 is 46.5 Å². The van der Waals surface area contributed by atoms with Crippen molar-refractivity contribution in [2.24, 2.45) is 11.7 Å². The number of hydrogen-bond acceptors (Lipinski definition) is 5. The Hall–Kier alpha value is -3.39. The molecule has 0 aliphatic heterocycles. The van der Waals surface area contributed by atoms with E-state index in [-0.39, 0.29) is 29.1 Å². The molecule has 1 atom stereocenters. The number of carbonyl (C=O) groups is 3. The van der Waals surface area contributed by atoms with Gasteiger partial charge in [0.1, 0.15) is 11.5 Å². The minimum atomic E-state index is -0.977. The molecule has 0 radical (unpaired) electrons. The number of nitrogens with two attached hydrogens (primary N) is 1. The van der Waals surface area contributed by atoms with Crippen molar-refractivity contribution in [1.29, 1.82) is 0 Å². The van der Waals surface area contributed by atoms with E-state index in [1.807, 2.05) is 0 Å². The molecule has 38 heavy (non-hydrogen) atoms. The Morgan fingerprint density at radius 1 is 0.947 bits per heavy atom. The number of rotatable bonds is 9. The van der Waals surface area contributed by atoms with Gasteiger partial charge >= 0.3 is 5.97 Å². The van der Waals surface area contributed by atoms with Crippen LogP contribution in [0.5, 0.6) is 11.5 Å². The van der Waals surface area contributed by atoms with Gasteiger partial charge in [0, 0.05) is 22.7 Å². The molecule has 7 nitrogen and oxygen atoms in total. The first-order valence-corrected chi connectivity index (χ1v) is 13.1. The quantitative estimate of drug-likeness (QED) is 0.267. The van der Waals surface area contributed by atoms with E-state index in [1.165, 1.54) is 6.07 Å². The number of nitrogens with one attached hydrogen (secondary N) is 1. The van der Waals surface area contributed by atoms with Gasteiger partial charge in [0.2, 0.25) is 0 Å². The maximum atomic E-state index is 13.2. The summed E-state index contributed by atoms with van der Waals surface area (Å²) < 4.78 is 6.08. The highest BCUT2D eigenvalue weighted by Gasteiger charge is 2.29. The fraction of sp³-hybridized carbons (Fsp3) is 0.276.